The summed E-state index contributed by atoms with van der Waals surface area (Å²) in [5, 5.41) is 9.12. The molecule has 1 saturated heterocycles. The molecule has 0 aliphatic carbocycles. The van der Waals surface area contributed by atoms with Crippen LogP contribution in [0.1, 0.15) is 15.9 Å². The molecule has 0 bridgehead atoms. The largest absolute Gasteiger partial charge is 0.389 e. The number of β-amino-alcohol motifs (C(OH)–C–C–N with tert-alkyl or cyclic N) is 1. The van der Waals surface area contributed by atoms with Gasteiger partial charge < -0.3 is 15.7 Å². The number of rotatable bonds is 3. The molecule has 2 rings (SSSR count). The Bertz CT molecular complexity index is 369. The summed E-state index contributed by atoms with van der Waals surface area (Å²) in [4.78, 5) is 13.5. The van der Waals surface area contributed by atoms with E-state index < -0.39 is 0 Å². The Balaban J connectivity index is 2.01. The standard InChI is InChI=1S/C12H16N2O2/c13-6-5-9-1-3-10(4-2-9)12(16)14-7-11(15)8-14/h1-4,11,15H,5-8,13H2. The van der Waals surface area contributed by atoms with E-state index in [4.69, 9.17) is 10.8 Å². The van der Waals surface area contributed by atoms with E-state index in [0.29, 0.717) is 25.2 Å². The van der Waals surface area contributed by atoms with E-state index in [1.165, 1.54) is 0 Å². The Hall–Kier alpha value is -1.39. The summed E-state index contributed by atoms with van der Waals surface area (Å²) in [7, 11) is 0. The number of hydrogen-bond acceptors (Lipinski definition) is 3. The van der Waals surface area contributed by atoms with Crippen LogP contribution in [0.5, 0.6) is 0 Å². The minimum atomic E-state index is -0.347. The second-order valence-corrected chi connectivity index (χ2v) is 4.10. The predicted octanol–water partition coefficient (Wildman–Crippen LogP) is 0.00450. The van der Waals surface area contributed by atoms with Gasteiger partial charge in [-0.25, -0.2) is 0 Å². The average Bonchev–Trinajstić information content (AvgIpc) is 2.25. The Labute approximate surface area is 94.7 Å². The van der Waals surface area contributed by atoms with Crippen molar-refractivity contribution in [2.45, 2.75) is 12.5 Å². The van der Waals surface area contributed by atoms with E-state index in [9.17, 15) is 4.79 Å². The molecule has 0 spiro atoms. The lowest BCUT2D eigenvalue weighted by Crippen LogP contribution is -2.53. The van der Waals surface area contributed by atoms with Gasteiger partial charge in [-0.1, -0.05) is 12.1 Å². The van der Waals surface area contributed by atoms with Crippen LogP contribution in [0.2, 0.25) is 0 Å². The Morgan fingerprint density at radius 1 is 1.38 bits per heavy atom. The molecule has 0 radical (unpaired) electrons. The first-order valence-corrected chi connectivity index (χ1v) is 5.47. The van der Waals surface area contributed by atoms with Crippen LogP contribution in [0.4, 0.5) is 0 Å². The van der Waals surface area contributed by atoms with Gasteiger partial charge in [0.25, 0.3) is 5.91 Å². The fourth-order valence-electron chi connectivity index (χ4n) is 1.78. The van der Waals surface area contributed by atoms with E-state index in [0.717, 1.165) is 12.0 Å². The van der Waals surface area contributed by atoms with Gasteiger partial charge in [-0.3, -0.25) is 4.79 Å². The first-order chi connectivity index (χ1) is 7.70. The summed E-state index contributed by atoms with van der Waals surface area (Å²) >= 11 is 0. The molecule has 1 aromatic carbocycles. The fourth-order valence-corrected chi connectivity index (χ4v) is 1.78. The summed E-state index contributed by atoms with van der Waals surface area (Å²) in [6, 6.07) is 7.49. The highest BCUT2D eigenvalue weighted by atomic mass is 16.3. The lowest BCUT2D eigenvalue weighted by atomic mass is 10.1. The number of hydrogen-bond donors (Lipinski definition) is 2. The molecule has 1 aromatic rings. The van der Waals surface area contributed by atoms with E-state index in [-0.39, 0.29) is 12.0 Å². The number of aliphatic hydroxyl groups excluding tert-OH is 1. The van der Waals surface area contributed by atoms with Gasteiger partial charge in [0.2, 0.25) is 0 Å². The van der Waals surface area contributed by atoms with Gasteiger partial charge in [-0.05, 0) is 30.7 Å². The van der Waals surface area contributed by atoms with E-state index in [1.807, 2.05) is 24.3 Å². The molecule has 0 saturated carbocycles. The molecule has 0 unspecified atom stereocenters. The van der Waals surface area contributed by atoms with Crippen LogP contribution in [0, 0.1) is 0 Å². The van der Waals surface area contributed by atoms with E-state index >= 15 is 0 Å². The van der Waals surface area contributed by atoms with Crippen molar-refractivity contribution in [3.8, 4) is 0 Å². The molecule has 1 aliphatic rings. The number of aliphatic hydroxyl groups is 1. The van der Waals surface area contributed by atoms with Crippen molar-refractivity contribution in [1.82, 2.24) is 4.90 Å². The number of nitrogens with two attached hydrogens (primary N) is 1. The van der Waals surface area contributed by atoms with E-state index in [1.54, 1.807) is 4.90 Å². The highest BCUT2D eigenvalue weighted by Gasteiger charge is 2.29. The molecule has 86 valence electrons. The molecule has 4 nitrogen and oxygen atoms in total. The quantitative estimate of drug-likeness (QED) is 0.753. The van der Waals surface area contributed by atoms with Crippen molar-refractivity contribution in [2.24, 2.45) is 5.73 Å². The van der Waals surface area contributed by atoms with Crippen LogP contribution < -0.4 is 5.73 Å². The van der Waals surface area contributed by atoms with Gasteiger partial charge in [0.05, 0.1) is 6.10 Å². The van der Waals surface area contributed by atoms with Crippen molar-refractivity contribution >= 4 is 5.91 Å². The van der Waals surface area contributed by atoms with Crippen LogP contribution in [0.25, 0.3) is 0 Å². The molecule has 1 fully saturated rings. The molecular formula is C12H16N2O2. The molecule has 16 heavy (non-hydrogen) atoms. The van der Waals surface area contributed by atoms with Crippen LogP contribution in [0.15, 0.2) is 24.3 Å². The number of amides is 1. The number of carbonyl (C=O) groups excluding carboxylic acids is 1. The zero-order chi connectivity index (χ0) is 11.5. The molecule has 4 heteroatoms. The second kappa shape index (κ2) is 4.63. The van der Waals surface area contributed by atoms with Crippen molar-refractivity contribution in [3.63, 3.8) is 0 Å². The third-order valence-electron chi connectivity index (χ3n) is 2.78. The van der Waals surface area contributed by atoms with Crippen LogP contribution in [-0.4, -0.2) is 41.7 Å². The predicted molar refractivity (Wildman–Crippen MR) is 61.1 cm³/mol. The summed E-state index contributed by atoms with van der Waals surface area (Å²) in [6.07, 6.45) is 0.483. The monoisotopic (exact) mass is 220 g/mol. The minimum absolute atomic E-state index is 0.00963. The topological polar surface area (TPSA) is 66.6 Å². The SMILES string of the molecule is NCCc1ccc(C(=O)N2CC(O)C2)cc1. The fraction of sp³-hybridized carbons (Fsp3) is 0.417. The Kier molecular flexibility index (Phi) is 3.22. The first kappa shape index (κ1) is 11.1. The van der Waals surface area contributed by atoms with Gasteiger partial charge in [0.1, 0.15) is 0 Å². The summed E-state index contributed by atoms with van der Waals surface area (Å²) in [5.74, 6) is -0.00963. The van der Waals surface area contributed by atoms with Crippen molar-refractivity contribution in [2.75, 3.05) is 19.6 Å². The summed E-state index contributed by atoms with van der Waals surface area (Å²) in [5.41, 5.74) is 7.26. The van der Waals surface area contributed by atoms with Gasteiger partial charge in [-0.15, -0.1) is 0 Å². The molecule has 0 atom stereocenters. The average molecular weight is 220 g/mol. The molecular weight excluding hydrogens is 204 g/mol. The van der Waals surface area contributed by atoms with Crippen molar-refractivity contribution in [3.05, 3.63) is 35.4 Å². The zero-order valence-electron chi connectivity index (χ0n) is 9.10. The normalized spacial score (nSPS) is 16.0. The summed E-state index contributed by atoms with van der Waals surface area (Å²) in [6.45, 7) is 1.51. The third-order valence-corrected chi connectivity index (χ3v) is 2.78. The molecule has 0 aromatic heterocycles. The molecule has 1 amide bonds. The van der Waals surface area contributed by atoms with Crippen LogP contribution in [-0.2, 0) is 6.42 Å². The zero-order valence-corrected chi connectivity index (χ0v) is 9.10. The minimum Gasteiger partial charge on any atom is -0.389 e. The highest BCUT2D eigenvalue weighted by Crippen LogP contribution is 2.14. The van der Waals surface area contributed by atoms with Gasteiger partial charge >= 0.3 is 0 Å². The number of nitrogens with zero attached hydrogens (tertiary/aromatic N) is 1. The number of carbonyl (C=O) groups is 1. The second-order valence-electron chi connectivity index (χ2n) is 4.10. The molecule has 1 aliphatic heterocycles. The van der Waals surface area contributed by atoms with Gasteiger partial charge in [-0.2, -0.15) is 0 Å². The maximum atomic E-state index is 11.8. The first-order valence-electron chi connectivity index (χ1n) is 5.47. The van der Waals surface area contributed by atoms with Crippen molar-refractivity contribution < 1.29 is 9.90 Å². The van der Waals surface area contributed by atoms with Crippen LogP contribution in [0.3, 0.4) is 0 Å². The highest BCUT2D eigenvalue weighted by molar-refractivity contribution is 5.94. The Morgan fingerprint density at radius 3 is 2.50 bits per heavy atom. The lowest BCUT2D eigenvalue weighted by Gasteiger charge is -2.35. The maximum Gasteiger partial charge on any atom is 0.254 e. The Morgan fingerprint density at radius 2 is 2.00 bits per heavy atom. The van der Waals surface area contributed by atoms with Gasteiger partial charge in [0.15, 0.2) is 0 Å². The molecule has 3 N–H and O–H groups in total. The molecule has 1 heterocycles. The van der Waals surface area contributed by atoms with Crippen LogP contribution >= 0.6 is 0 Å². The third kappa shape index (κ3) is 2.23. The van der Waals surface area contributed by atoms with Crippen molar-refractivity contribution in [1.29, 1.82) is 0 Å². The maximum absolute atomic E-state index is 11.8. The lowest BCUT2D eigenvalue weighted by molar-refractivity contribution is 0.00589. The van der Waals surface area contributed by atoms with Gasteiger partial charge in [0, 0.05) is 18.7 Å². The summed E-state index contributed by atoms with van der Waals surface area (Å²) < 4.78 is 0. The van der Waals surface area contributed by atoms with E-state index in [2.05, 4.69) is 0 Å². The smallest absolute Gasteiger partial charge is 0.254 e. The number of benzene rings is 1. The number of likely N-dealkylation sites (tertiary alicyclic amines) is 1.